The third kappa shape index (κ3) is 54.0. The second-order valence-electron chi connectivity index (χ2n) is 20.5. The first-order valence-electron chi connectivity index (χ1n) is 30.0. The van der Waals surface area contributed by atoms with Gasteiger partial charge in [0.05, 0.1) is 26.4 Å². The van der Waals surface area contributed by atoms with Crippen molar-refractivity contribution in [1.29, 1.82) is 0 Å². The van der Waals surface area contributed by atoms with Gasteiger partial charge in [0.25, 0.3) is 0 Å². The molecule has 0 saturated carbocycles. The predicted molar refractivity (Wildman–Crippen MR) is 298 cm³/mol. The fraction of sp³-hybridized carbons (Fsp3) is 0.912. The zero-order chi connectivity index (χ0) is 55.4. The van der Waals surface area contributed by atoms with E-state index in [0.717, 1.165) is 83.5 Å². The molecule has 4 N–H and O–H groups in total. The van der Waals surface area contributed by atoms with Crippen molar-refractivity contribution in [2.24, 2.45) is 0 Å². The molecule has 0 amide bonds. The van der Waals surface area contributed by atoms with Crippen LogP contribution >= 0.6 is 15.6 Å². The van der Waals surface area contributed by atoms with Crippen molar-refractivity contribution < 1.29 is 75.8 Å². The summed E-state index contributed by atoms with van der Waals surface area (Å²) in [6.45, 7) is 2.66. The van der Waals surface area contributed by atoms with E-state index in [2.05, 4.69) is 32.9 Å². The maximum absolute atomic E-state index is 12.8. The van der Waals surface area contributed by atoms with Crippen molar-refractivity contribution >= 4 is 33.6 Å². The minimum atomic E-state index is -4.90. The molecule has 0 aliphatic carbocycles. The molecule has 16 nitrogen and oxygen atoms in total. The highest BCUT2D eigenvalue weighted by molar-refractivity contribution is 7.47. The summed E-state index contributed by atoms with van der Waals surface area (Å²) in [7, 11) is -9.73. The molecule has 0 spiro atoms. The van der Waals surface area contributed by atoms with Crippen LogP contribution in [0.4, 0.5) is 0 Å². The molecule has 0 aliphatic rings. The van der Waals surface area contributed by atoms with E-state index in [-0.39, 0.29) is 19.3 Å². The molecule has 0 aliphatic heterocycles. The summed E-state index contributed by atoms with van der Waals surface area (Å²) in [5.74, 6) is -1.56. The number of phosphoric ester groups is 2. The molecule has 444 valence electrons. The minimum Gasteiger partial charge on any atom is -0.463 e. The topological polar surface area (TPSA) is 231 Å². The molecule has 0 rings (SSSR count). The van der Waals surface area contributed by atoms with E-state index in [1.807, 2.05) is 0 Å². The van der Waals surface area contributed by atoms with Gasteiger partial charge in [0.1, 0.15) is 25.4 Å². The molecule has 0 fully saturated rings. The first-order chi connectivity index (χ1) is 36.2. The molecule has 0 saturated heterocycles. The molecule has 18 heteroatoms. The molecule has 0 aromatic carbocycles. The summed E-state index contributed by atoms with van der Waals surface area (Å²) in [6.07, 6.45) is 42.8. The van der Waals surface area contributed by atoms with Gasteiger partial charge in [-0.05, 0) is 44.9 Å². The van der Waals surface area contributed by atoms with Crippen molar-refractivity contribution in [2.45, 2.75) is 296 Å². The number of ether oxygens (including phenoxy) is 3. The van der Waals surface area contributed by atoms with Gasteiger partial charge < -0.3 is 34.2 Å². The van der Waals surface area contributed by atoms with Crippen LogP contribution in [0.3, 0.4) is 0 Å². The second kappa shape index (κ2) is 53.0. The van der Waals surface area contributed by atoms with Crippen molar-refractivity contribution in [3.63, 3.8) is 0 Å². The Kier molecular flexibility index (Phi) is 51.8. The van der Waals surface area contributed by atoms with Crippen LogP contribution in [0, 0.1) is 0 Å². The maximum atomic E-state index is 12.8. The van der Waals surface area contributed by atoms with E-state index in [1.54, 1.807) is 0 Å². The maximum Gasteiger partial charge on any atom is 0.472 e. The van der Waals surface area contributed by atoms with Gasteiger partial charge in [-0.3, -0.25) is 32.5 Å². The third-order valence-electron chi connectivity index (χ3n) is 13.0. The van der Waals surface area contributed by atoms with Crippen LogP contribution in [0.15, 0.2) is 12.2 Å². The third-order valence-corrected chi connectivity index (χ3v) is 14.9. The Morgan fingerprint density at radius 1 is 0.360 bits per heavy atom. The minimum absolute atomic E-state index is 0.115. The molecule has 0 aromatic heterocycles. The molecule has 5 atom stereocenters. The zero-order valence-electron chi connectivity index (χ0n) is 47.5. The van der Waals surface area contributed by atoms with Gasteiger partial charge in [-0.25, -0.2) is 9.13 Å². The zero-order valence-corrected chi connectivity index (χ0v) is 49.3. The average molecular weight is 1110 g/mol. The van der Waals surface area contributed by atoms with Gasteiger partial charge in [0.2, 0.25) is 0 Å². The predicted octanol–water partition coefficient (Wildman–Crippen LogP) is 15.2. The van der Waals surface area contributed by atoms with Crippen LogP contribution in [-0.4, -0.2) is 95.9 Å². The van der Waals surface area contributed by atoms with Gasteiger partial charge in [-0.1, -0.05) is 226 Å². The van der Waals surface area contributed by atoms with Gasteiger partial charge >= 0.3 is 33.6 Å². The van der Waals surface area contributed by atoms with Crippen molar-refractivity contribution in [3.8, 4) is 0 Å². The van der Waals surface area contributed by atoms with Crippen molar-refractivity contribution in [2.75, 3.05) is 39.6 Å². The number of aliphatic hydroxyl groups excluding tert-OH is 2. The Morgan fingerprint density at radius 2 is 0.627 bits per heavy atom. The summed E-state index contributed by atoms with van der Waals surface area (Å²) in [5.41, 5.74) is 0. The highest BCUT2D eigenvalue weighted by Gasteiger charge is 2.29. The van der Waals surface area contributed by atoms with Crippen LogP contribution in [0.1, 0.15) is 278 Å². The number of esters is 3. The van der Waals surface area contributed by atoms with Gasteiger partial charge in [0, 0.05) is 19.3 Å². The van der Waals surface area contributed by atoms with E-state index in [9.17, 15) is 43.5 Å². The number of unbranched alkanes of at least 4 members (excludes halogenated alkanes) is 33. The van der Waals surface area contributed by atoms with Crippen LogP contribution < -0.4 is 0 Å². The van der Waals surface area contributed by atoms with Crippen LogP contribution in [0.5, 0.6) is 0 Å². The number of carbonyl (C=O) groups is 3. The SMILES string of the molecule is CCCCCC/C=C\CCCCCCCC(=O)OCC(O)COP(=O)(O)OCC(O)COP(=O)(O)OCC(COC(=O)CCCCCCCCCCCCCCC)OC(=O)CCCCCCCCCCCCCCC. The number of phosphoric acid groups is 2. The summed E-state index contributed by atoms with van der Waals surface area (Å²) < 4.78 is 60.6. The van der Waals surface area contributed by atoms with E-state index in [4.69, 9.17) is 32.3 Å². The Balaban J connectivity index is 4.68. The number of hydrogen-bond donors (Lipinski definition) is 4. The lowest BCUT2D eigenvalue weighted by atomic mass is 10.0. The van der Waals surface area contributed by atoms with E-state index >= 15 is 0 Å². The van der Waals surface area contributed by atoms with Crippen molar-refractivity contribution in [3.05, 3.63) is 12.2 Å². The molecule has 0 radical (unpaired) electrons. The second-order valence-corrected chi connectivity index (χ2v) is 23.4. The number of carbonyl (C=O) groups excluding carboxylic acids is 3. The lowest BCUT2D eigenvalue weighted by Gasteiger charge is -2.21. The van der Waals surface area contributed by atoms with Gasteiger partial charge in [-0.2, -0.15) is 0 Å². The molecule has 0 heterocycles. The Bertz CT molecular complexity index is 1450. The first kappa shape index (κ1) is 73.3. The summed E-state index contributed by atoms with van der Waals surface area (Å²) in [4.78, 5) is 58.0. The van der Waals surface area contributed by atoms with Crippen molar-refractivity contribution in [1.82, 2.24) is 0 Å². The average Bonchev–Trinajstić information content (AvgIpc) is 3.38. The Labute approximate surface area is 455 Å². The fourth-order valence-corrected chi connectivity index (χ4v) is 9.91. The Morgan fingerprint density at radius 3 is 0.987 bits per heavy atom. The van der Waals surface area contributed by atoms with E-state index < -0.39 is 91.5 Å². The summed E-state index contributed by atoms with van der Waals surface area (Å²) in [5, 5.41) is 20.4. The van der Waals surface area contributed by atoms with Gasteiger partial charge in [0.15, 0.2) is 6.10 Å². The standard InChI is InChI=1S/C57H110O16P2/c1-4-7-10-13-16-19-22-25-28-31-34-37-40-43-55(60)67-46-52(58)47-69-74(63,64)70-48-53(59)49-71-75(65,66)72-51-54(73-57(62)45-42-39-36-33-30-27-24-21-18-15-12-9-6-3)50-68-56(61)44-41-38-35-32-29-26-23-20-17-14-11-8-5-2/h19,22,52-54,58-59H,4-18,20-21,23-51H2,1-3H3,(H,63,64)(H,65,66)/b22-19-. The molecular formula is C57H110O16P2. The van der Waals surface area contributed by atoms with Crippen LogP contribution in [0.2, 0.25) is 0 Å². The highest BCUT2D eigenvalue weighted by Crippen LogP contribution is 2.45. The summed E-state index contributed by atoms with van der Waals surface area (Å²) in [6, 6.07) is 0. The highest BCUT2D eigenvalue weighted by atomic mass is 31.2. The number of aliphatic hydroxyl groups is 2. The normalized spacial score (nSPS) is 14.6. The number of allylic oxidation sites excluding steroid dienone is 2. The van der Waals surface area contributed by atoms with Gasteiger partial charge in [-0.15, -0.1) is 0 Å². The molecule has 0 aromatic rings. The Hall–Kier alpha value is -1.71. The number of rotatable bonds is 58. The molecule has 0 bridgehead atoms. The van der Waals surface area contributed by atoms with E-state index in [1.165, 1.54) is 135 Å². The smallest absolute Gasteiger partial charge is 0.463 e. The monoisotopic (exact) mass is 1110 g/mol. The van der Waals surface area contributed by atoms with Crippen LogP contribution in [0.25, 0.3) is 0 Å². The first-order valence-corrected chi connectivity index (χ1v) is 33.0. The summed E-state index contributed by atoms with van der Waals surface area (Å²) >= 11 is 0. The fourth-order valence-electron chi connectivity index (χ4n) is 8.33. The van der Waals surface area contributed by atoms with Crippen LogP contribution in [-0.2, 0) is 55.8 Å². The quantitative estimate of drug-likeness (QED) is 0.0146. The van der Waals surface area contributed by atoms with E-state index in [0.29, 0.717) is 19.3 Å². The molecule has 75 heavy (non-hydrogen) atoms. The molecular weight excluding hydrogens is 1000 g/mol. The lowest BCUT2D eigenvalue weighted by Crippen LogP contribution is -2.30. The lowest BCUT2D eigenvalue weighted by molar-refractivity contribution is -0.161. The molecule has 5 unspecified atom stereocenters. The largest absolute Gasteiger partial charge is 0.472 e. The number of hydrogen-bond acceptors (Lipinski definition) is 14.